The van der Waals surface area contributed by atoms with Gasteiger partial charge in [-0.25, -0.2) is 0 Å². The fourth-order valence-electron chi connectivity index (χ4n) is 5.82. The number of allylic oxidation sites excluding steroid dienone is 6. The number of hydrogen-bond donors (Lipinski definition) is 0. The molecule has 2 nitrogen and oxygen atoms in total. The largest absolute Gasteiger partial charge is 0.377 e. The number of carbonyl (C=O) groups is 1. The molecule has 0 aromatic heterocycles. The van der Waals surface area contributed by atoms with Crippen LogP contribution in [0.5, 0.6) is 0 Å². The van der Waals surface area contributed by atoms with Crippen molar-refractivity contribution in [3.8, 4) is 0 Å². The summed E-state index contributed by atoms with van der Waals surface area (Å²) in [5.41, 5.74) is 0.765. The Balaban J connectivity index is 1.57. The van der Waals surface area contributed by atoms with E-state index in [1.807, 2.05) is 31.4 Å². The van der Waals surface area contributed by atoms with Crippen LogP contribution >= 0.6 is 0 Å². The summed E-state index contributed by atoms with van der Waals surface area (Å²) in [5, 5.41) is 0. The molecule has 0 radical (unpaired) electrons. The van der Waals surface area contributed by atoms with Crippen LogP contribution in [-0.4, -0.2) is 18.5 Å². The van der Waals surface area contributed by atoms with E-state index in [1.165, 1.54) is 32.1 Å². The zero-order valence-corrected chi connectivity index (χ0v) is 13.5. The third kappa shape index (κ3) is 2.23. The molecule has 0 spiro atoms. The van der Waals surface area contributed by atoms with Crippen molar-refractivity contribution in [3.63, 3.8) is 0 Å². The quantitative estimate of drug-likeness (QED) is 0.776. The van der Waals surface area contributed by atoms with E-state index in [0.717, 1.165) is 23.8 Å². The van der Waals surface area contributed by atoms with E-state index in [9.17, 15) is 4.79 Å². The third-order valence-electron chi connectivity index (χ3n) is 6.69. The molecule has 118 valence electrons. The normalized spacial score (nSPS) is 42.3. The average Bonchev–Trinajstić information content (AvgIpc) is 2.79. The molecule has 0 atom stereocenters. The van der Waals surface area contributed by atoms with Crippen LogP contribution < -0.4 is 0 Å². The Morgan fingerprint density at radius 1 is 1.09 bits per heavy atom. The first-order valence-corrected chi connectivity index (χ1v) is 8.82. The van der Waals surface area contributed by atoms with Crippen LogP contribution in [0, 0.1) is 23.7 Å². The zero-order chi connectivity index (χ0) is 15.2. The van der Waals surface area contributed by atoms with E-state index in [2.05, 4.69) is 6.08 Å². The highest BCUT2D eigenvalue weighted by atomic mass is 16.5. The molecule has 0 amide bonds. The van der Waals surface area contributed by atoms with Gasteiger partial charge < -0.3 is 4.74 Å². The van der Waals surface area contributed by atoms with Crippen LogP contribution in [0.1, 0.15) is 44.9 Å². The first kappa shape index (κ1) is 14.4. The van der Waals surface area contributed by atoms with Crippen molar-refractivity contribution in [2.24, 2.45) is 23.7 Å². The Hall–Kier alpha value is -1.15. The molecule has 5 aliphatic rings. The van der Waals surface area contributed by atoms with E-state index in [4.69, 9.17) is 4.74 Å². The molecule has 2 heteroatoms. The lowest BCUT2D eigenvalue weighted by Gasteiger charge is -2.60. The van der Waals surface area contributed by atoms with Crippen molar-refractivity contribution < 1.29 is 9.53 Å². The van der Waals surface area contributed by atoms with Crippen LogP contribution in [0.25, 0.3) is 0 Å². The van der Waals surface area contributed by atoms with E-state index < -0.39 is 0 Å². The van der Waals surface area contributed by atoms with Gasteiger partial charge in [0, 0.05) is 13.5 Å². The number of hydrogen-bond acceptors (Lipinski definition) is 2. The van der Waals surface area contributed by atoms with Gasteiger partial charge in [-0.2, -0.15) is 0 Å². The number of rotatable bonds is 4. The molecule has 0 unspecified atom stereocenters. The predicted molar refractivity (Wildman–Crippen MR) is 87.4 cm³/mol. The van der Waals surface area contributed by atoms with Gasteiger partial charge in [-0.3, -0.25) is 4.79 Å². The smallest absolute Gasteiger partial charge is 0.162 e. The molecule has 0 aromatic carbocycles. The maximum Gasteiger partial charge on any atom is 0.162 e. The Morgan fingerprint density at radius 2 is 1.77 bits per heavy atom. The summed E-state index contributed by atoms with van der Waals surface area (Å²) in [6, 6.07) is 0. The SMILES string of the molecule is COC1(CC(=O)C2=CC=CC=CC2)C2CC3CC(C2)CC1C3. The summed E-state index contributed by atoms with van der Waals surface area (Å²) in [5.74, 6) is 3.32. The molecule has 5 rings (SSSR count). The second kappa shape index (κ2) is 5.49. The van der Waals surface area contributed by atoms with Gasteiger partial charge in [0.15, 0.2) is 5.78 Å². The molecule has 0 aliphatic heterocycles. The minimum absolute atomic E-state index is 0.176. The standard InChI is InChI=1S/C20H26O2/c1-22-20(13-19(21)16-6-4-2-3-5-7-16)17-9-14-8-15(11-17)12-18(20)10-14/h2-6,14-15,17-18H,7-13H2,1H3. The van der Waals surface area contributed by atoms with Crippen molar-refractivity contribution in [3.05, 3.63) is 36.0 Å². The summed E-state index contributed by atoms with van der Waals surface area (Å²) in [6.07, 6.45) is 18.0. The highest BCUT2D eigenvalue weighted by molar-refractivity contribution is 5.96. The van der Waals surface area contributed by atoms with Crippen LogP contribution in [0.4, 0.5) is 0 Å². The molecule has 22 heavy (non-hydrogen) atoms. The van der Waals surface area contributed by atoms with Gasteiger partial charge in [-0.05, 0) is 67.8 Å². The van der Waals surface area contributed by atoms with Crippen molar-refractivity contribution in [2.45, 2.75) is 50.5 Å². The number of carbonyl (C=O) groups excluding carboxylic acids is 1. The van der Waals surface area contributed by atoms with Gasteiger partial charge in [-0.1, -0.05) is 30.4 Å². The first-order chi connectivity index (χ1) is 10.7. The monoisotopic (exact) mass is 298 g/mol. The highest BCUT2D eigenvalue weighted by Gasteiger charge is 2.58. The van der Waals surface area contributed by atoms with Crippen molar-refractivity contribution in [1.29, 1.82) is 0 Å². The summed E-state index contributed by atoms with van der Waals surface area (Å²) < 4.78 is 6.12. The van der Waals surface area contributed by atoms with E-state index in [-0.39, 0.29) is 5.60 Å². The molecular formula is C20H26O2. The lowest BCUT2D eigenvalue weighted by Crippen LogP contribution is -2.59. The fraction of sp³-hybridized carbons (Fsp3) is 0.650. The predicted octanol–water partition coefficient (Wildman–Crippen LogP) is 4.23. The minimum atomic E-state index is -0.176. The third-order valence-corrected chi connectivity index (χ3v) is 6.69. The van der Waals surface area contributed by atoms with Gasteiger partial charge in [0.05, 0.1) is 5.60 Å². The molecule has 0 saturated heterocycles. The molecule has 5 aliphatic carbocycles. The van der Waals surface area contributed by atoms with Gasteiger partial charge in [0.2, 0.25) is 0 Å². The molecule has 0 N–H and O–H groups in total. The number of ether oxygens (including phenoxy) is 1. The number of methoxy groups -OCH3 is 1. The Kier molecular flexibility index (Phi) is 3.60. The first-order valence-electron chi connectivity index (χ1n) is 8.82. The van der Waals surface area contributed by atoms with Crippen LogP contribution in [0.2, 0.25) is 0 Å². The topological polar surface area (TPSA) is 26.3 Å². The van der Waals surface area contributed by atoms with E-state index in [1.54, 1.807) is 0 Å². The molecular weight excluding hydrogens is 272 g/mol. The maximum atomic E-state index is 12.9. The summed E-state index contributed by atoms with van der Waals surface area (Å²) >= 11 is 0. The van der Waals surface area contributed by atoms with Crippen molar-refractivity contribution >= 4 is 5.78 Å². The Morgan fingerprint density at radius 3 is 2.41 bits per heavy atom. The van der Waals surface area contributed by atoms with Gasteiger partial charge >= 0.3 is 0 Å². The van der Waals surface area contributed by atoms with Crippen LogP contribution in [-0.2, 0) is 9.53 Å². The van der Waals surface area contributed by atoms with Crippen LogP contribution in [0.15, 0.2) is 36.0 Å². The van der Waals surface area contributed by atoms with E-state index in [0.29, 0.717) is 24.0 Å². The Bertz CT molecular complexity index is 524. The lowest BCUT2D eigenvalue weighted by molar-refractivity contribution is -0.194. The molecule has 4 bridgehead atoms. The van der Waals surface area contributed by atoms with E-state index >= 15 is 0 Å². The fourth-order valence-corrected chi connectivity index (χ4v) is 5.82. The van der Waals surface area contributed by atoms with Crippen molar-refractivity contribution in [2.75, 3.05) is 7.11 Å². The summed E-state index contributed by atoms with van der Waals surface area (Å²) in [7, 11) is 1.84. The van der Waals surface area contributed by atoms with Gasteiger partial charge in [0.25, 0.3) is 0 Å². The van der Waals surface area contributed by atoms with Crippen LogP contribution in [0.3, 0.4) is 0 Å². The molecule has 0 heterocycles. The molecule has 4 saturated carbocycles. The maximum absolute atomic E-state index is 12.9. The van der Waals surface area contributed by atoms with Crippen molar-refractivity contribution in [1.82, 2.24) is 0 Å². The zero-order valence-electron chi connectivity index (χ0n) is 13.5. The second-order valence-corrected chi connectivity index (χ2v) is 7.77. The highest BCUT2D eigenvalue weighted by Crippen LogP contribution is 2.60. The number of ketones is 1. The molecule has 4 fully saturated rings. The molecule has 0 aromatic rings. The lowest BCUT2D eigenvalue weighted by atomic mass is 9.49. The Labute approximate surface area is 133 Å². The van der Waals surface area contributed by atoms with Gasteiger partial charge in [-0.15, -0.1) is 0 Å². The minimum Gasteiger partial charge on any atom is -0.377 e. The summed E-state index contributed by atoms with van der Waals surface area (Å²) in [6.45, 7) is 0. The number of Topliss-reactive ketones (excluding diaryl/α,β-unsaturated/α-hetero) is 1. The summed E-state index contributed by atoms with van der Waals surface area (Å²) in [4.78, 5) is 12.9. The average molecular weight is 298 g/mol. The van der Waals surface area contributed by atoms with Gasteiger partial charge in [0.1, 0.15) is 0 Å². The second-order valence-electron chi connectivity index (χ2n) is 7.77.